The van der Waals surface area contributed by atoms with Crippen LogP contribution in [0.3, 0.4) is 0 Å². The van der Waals surface area contributed by atoms with Crippen LogP contribution < -0.4 is 0 Å². The molecule has 17 heavy (non-hydrogen) atoms. The van der Waals surface area contributed by atoms with Gasteiger partial charge in [0.15, 0.2) is 0 Å². The summed E-state index contributed by atoms with van der Waals surface area (Å²) < 4.78 is 0. The van der Waals surface area contributed by atoms with Crippen LogP contribution in [0.15, 0.2) is 0 Å². The van der Waals surface area contributed by atoms with Gasteiger partial charge >= 0.3 is 0 Å². The molecule has 1 saturated carbocycles. The van der Waals surface area contributed by atoms with E-state index < -0.39 is 12.2 Å². The fraction of sp³-hybridized carbons (Fsp3) is 1.00. The quantitative estimate of drug-likeness (QED) is 0.793. The summed E-state index contributed by atoms with van der Waals surface area (Å²) in [7, 11) is 0. The summed E-state index contributed by atoms with van der Waals surface area (Å²) >= 11 is 0. The molecule has 0 bridgehead atoms. The number of aliphatic hydroxyl groups excluding tert-OH is 2. The summed E-state index contributed by atoms with van der Waals surface area (Å²) in [5, 5.41) is 19.4. The Hall–Kier alpha value is -0.0800. The van der Waals surface area contributed by atoms with Crippen LogP contribution in [0.1, 0.15) is 66.7 Å². The topological polar surface area (TPSA) is 40.5 Å². The summed E-state index contributed by atoms with van der Waals surface area (Å²) in [4.78, 5) is 0. The van der Waals surface area contributed by atoms with Crippen molar-refractivity contribution in [1.29, 1.82) is 0 Å². The van der Waals surface area contributed by atoms with Gasteiger partial charge in [0.25, 0.3) is 0 Å². The average molecular weight is 244 g/mol. The van der Waals surface area contributed by atoms with Crippen molar-refractivity contribution in [2.75, 3.05) is 0 Å². The Morgan fingerprint density at radius 3 is 1.88 bits per heavy atom. The van der Waals surface area contributed by atoms with Crippen molar-refractivity contribution in [2.24, 2.45) is 17.8 Å². The molecule has 1 aliphatic rings. The molecule has 0 aromatic carbocycles. The normalized spacial score (nSPS) is 33.2. The summed E-state index contributed by atoms with van der Waals surface area (Å²) in [5.74, 6) is 1.93. The molecule has 1 fully saturated rings. The van der Waals surface area contributed by atoms with Crippen LogP contribution in [0.25, 0.3) is 0 Å². The Morgan fingerprint density at radius 1 is 1.00 bits per heavy atom. The third-order valence-electron chi connectivity index (χ3n) is 3.63. The van der Waals surface area contributed by atoms with E-state index in [1.54, 1.807) is 0 Å². The first-order chi connectivity index (χ1) is 8.04. The maximum Gasteiger partial charge on any atom is 0.0802 e. The van der Waals surface area contributed by atoms with Gasteiger partial charge in [-0.25, -0.2) is 0 Å². The van der Waals surface area contributed by atoms with Crippen molar-refractivity contribution >= 4 is 0 Å². The Labute approximate surface area is 107 Å². The van der Waals surface area contributed by atoms with Crippen LogP contribution in [-0.2, 0) is 0 Å². The second kappa shape index (κ2) is 8.93. The average Bonchev–Trinajstić information content (AvgIpc) is 2.28. The van der Waals surface area contributed by atoms with Gasteiger partial charge in [-0.05, 0) is 37.0 Å². The van der Waals surface area contributed by atoms with Crippen LogP contribution in [-0.4, -0.2) is 22.4 Å². The number of rotatable bonds is 4. The molecule has 0 amide bonds. The fourth-order valence-electron chi connectivity index (χ4n) is 2.94. The predicted octanol–water partition coefficient (Wildman–Crippen LogP) is 3.61. The second-order valence-electron chi connectivity index (χ2n) is 5.54. The van der Waals surface area contributed by atoms with E-state index in [2.05, 4.69) is 20.8 Å². The van der Waals surface area contributed by atoms with E-state index in [4.69, 9.17) is 0 Å². The second-order valence-corrected chi connectivity index (χ2v) is 5.54. The largest absolute Gasteiger partial charge is 0.390 e. The van der Waals surface area contributed by atoms with Crippen LogP contribution >= 0.6 is 0 Å². The van der Waals surface area contributed by atoms with Crippen LogP contribution in [0.4, 0.5) is 0 Å². The minimum Gasteiger partial charge on any atom is -0.390 e. The van der Waals surface area contributed by atoms with Crippen molar-refractivity contribution in [1.82, 2.24) is 0 Å². The summed E-state index contributed by atoms with van der Waals surface area (Å²) in [6.07, 6.45) is 4.19. The van der Waals surface area contributed by atoms with Gasteiger partial charge in [0, 0.05) is 0 Å². The predicted molar refractivity (Wildman–Crippen MR) is 73.9 cm³/mol. The Bertz CT molecular complexity index is 180. The number of hydrogen-bond donors (Lipinski definition) is 2. The SMILES string of the molecule is CC.CCCC1CC(O)C(O)CC1CC(C)C. The van der Waals surface area contributed by atoms with E-state index >= 15 is 0 Å². The molecule has 0 saturated heterocycles. The smallest absolute Gasteiger partial charge is 0.0802 e. The lowest BCUT2D eigenvalue weighted by molar-refractivity contribution is -0.0527. The Balaban J connectivity index is 0.00000121. The van der Waals surface area contributed by atoms with Gasteiger partial charge in [0.1, 0.15) is 0 Å². The molecule has 2 nitrogen and oxygen atoms in total. The minimum absolute atomic E-state index is 0.482. The molecule has 2 N–H and O–H groups in total. The molecular weight excluding hydrogens is 212 g/mol. The van der Waals surface area contributed by atoms with Crippen molar-refractivity contribution in [3.05, 3.63) is 0 Å². The molecule has 0 aromatic heterocycles. The van der Waals surface area contributed by atoms with Crippen LogP contribution in [0.5, 0.6) is 0 Å². The third kappa shape index (κ3) is 5.87. The molecule has 4 unspecified atom stereocenters. The van der Waals surface area contributed by atoms with Crippen molar-refractivity contribution < 1.29 is 10.2 Å². The van der Waals surface area contributed by atoms with Crippen LogP contribution in [0.2, 0.25) is 0 Å². The number of aliphatic hydroxyl groups is 2. The first-order valence-electron chi connectivity index (χ1n) is 7.40. The van der Waals surface area contributed by atoms with Gasteiger partial charge < -0.3 is 10.2 Å². The van der Waals surface area contributed by atoms with E-state index in [0.717, 1.165) is 12.8 Å². The van der Waals surface area contributed by atoms with E-state index in [-0.39, 0.29) is 0 Å². The highest BCUT2D eigenvalue weighted by Gasteiger charge is 2.34. The van der Waals surface area contributed by atoms with Gasteiger partial charge in [0.05, 0.1) is 12.2 Å². The van der Waals surface area contributed by atoms with E-state index in [9.17, 15) is 10.2 Å². The molecule has 4 atom stereocenters. The van der Waals surface area contributed by atoms with Crippen molar-refractivity contribution in [3.63, 3.8) is 0 Å². The van der Waals surface area contributed by atoms with E-state index in [0.29, 0.717) is 17.8 Å². The highest BCUT2D eigenvalue weighted by Crippen LogP contribution is 2.37. The van der Waals surface area contributed by atoms with E-state index in [1.165, 1.54) is 19.3 Å². The highest BCUT2D eigenvalue weighted by molar-refractivity contribution is 4.85. The maximum absolute atomic E-state index is 9.70. The summed E-state index contributed by atoms with van der Waals surface area (Å²) in [5.41, 5.74) is 0. The lowest BCUT2D eigenvalue weighted by Crippen LogP contribution is -2.39. The summed E-state index contributed by atoms with van der Waals surface area (Å²) in [6, 6.07) is 0. The molecule has 0 heterocycles. The molecule has 0 aliphatic heterocycles. The highest BCUT2D eigenvalue weighted by atomic mass is 16.3. The lowest BCUT2D eigenvalue weighted by Gasteiger charge is -2.38. The molecule has 1 aliphatic carbocycles. The lowest BCUT2D eigenvalue weighted by atomic mass is 9.71. The molecule has 104 valence electrons. The molecule has 2 heteroatoms. The van der Waals surface area contributed by atoms with Crippen LogP contribution in [0, 0.1) is 17.8 Å². The zero-order valence-corrected chi connectivity index (χ0v) is 12.3. The first kappa shape index (κ1) is 16.9. The molecular formula is C15H32O2. The number of hydrogen-bond acceptors (Lipinski definition) is 2. The zero-order valence-electron chi connectivity index (χ0n) is 12.3. The van der Waals surface area contributed by atoms with E-state index in [1.807, 2.05) is 13.8 Å². The standard InChI is InChI=1S/C13H26O2.C2H6/c1-4-5-10-7-12(14)13(15)8-11(10)6-9(2)3;1-2/h9-15H,4-8H2,1-3H3;1-2H3. The minimum atomic E-state index is -0.484. The molecule has 1 rings (SSSR count). The van der Waals surface area contributed by atoms with Gasteiger partial charge in [0.2, 0.25) is 0 Å². The Morgan fingerprint density at radius 2 is 1.47 bits per heavy atom. The Kier molecular flexibility index (Phi) is 8.89. The molecule has 0 spiro atoms. The van der Waals surface area contributed by atoms with Gasteiger partial charge in [-0.3, -0.25) is 0 Å². The van der Waals surface area contributed by atoms with Gasteiger partial charge in [-0.15, -0.1) is 0 Å². The van der Waals surface area contributed by atoms with Crippen molar-refractivity contribution in [2.45, 2.75) is 78.9 Å². The summed E-state index contributed by atoms with van der Waals surface area (Å²) in [6.45, 7) is 10.7. The third-order valence-corrected chi connectivity index (χ3v) is 3.63. The fourth-order valence-corrected chi connectivity index (χ4v) is 2.94. The monoisotopic (exact) mass is 244 g/mol. The maximum atomic E-state index is 9.70. The van der Waals surface area contributed by atoms with Gasteiger partial charge in [-0.1, -0.05) is 47.5 Å². The first-order valence-corrected chi connectivity index (χ1v) is 7.40. The molecule has 0 radical (unpaired) electrons. The van der Waals surface area contributed by atoms with Gasteiger partial charge in [-0.2, -0.15) is 0 Å². The van der Waals surface area contributed by atoms with Crippen molar-refractivity contribution in [3.8, 4) is 0 Å². The molecule has 0 aromatic rings. The zero-order chi connectivity index (χ0) is 13.4.